The van der Waals surface area contributed by atoms with Crippen molar-refractivity contribution in [2.75, 3.05) is 13.7 Å². The van der Waals surface area contributed by atoms with Crippen LogP contribution in [0.1, 0.15) is 33.0 Å². The number of carbonyl (C=O) groups excluding carboxylic acids is 2. The molecular formula is C24H21N3O3. The van der Waals surface area contributed by atoms with Crippen LogP contribution in [0, 0.1) is 0 Å². The van der Waals surface area contributed by atoms with Crippen molar-refractivity contribution in [3.8, 4) is 11.1 Å². The smallest absolute Gasteiger partial charge is 0.204 e. The number of nitrogens with zero attached hydrogens (tertiary/aromatic N) is 2. The SMILES string of the molecule is COCC(=O)c1cc2cc(-c3ccnc(C(=O)CCc4ccncc4)c3)ccc2[nH]1. The largest absolute Gasteiger partial charge is 0.376 e. The highest BCUT2D eigenvalue weighted by atomic mass is 16.5. The fourth-order valence-corrected chi connectivity index (χ4v) is 3.37. The van der Waals surface area contributed by atoms with Crippen molar-refractivity contribution in [2.24, 2.45) is 0 Å². The van der Waals surface area contributed by atoms with Crippen molar-refractivity contribution >= 4 is 22.5 Å². The van der Waals surface area contributed by atoms with Crippen LogP contribution in [0.15, 0.2) is 67.1 Å². The maximum absolute atomic E-state index is 12.6. The number of aryl methyl sites for hydroxylation is 1. The van der Waals surface area contributed by atoms with Crippen LogP contribution in [-0.2, 0) is 11.2 Å². The first-order chi connectivity index (χ1) is 14.6. The molecule has 1 aromatic carbocycles. The van der Waals surface area contributed by atoms with Gasteiger partial charge in [-0.05, 0) is 65.6 Å². The lowest BCUT2D eigenvalue weighted by atomic mass is 10.0. The van der Waals surface area contributed by atoms with E-state index in [1.165, 1.54) is 7.11 Å². The van der Waals surface area contributed by atoms with Crippen molar-refractivity contribution in [1.82, 2.24) is 15.0 Å². The molecule has 0 aliphatic carbocycles. The Kier molecular flexibility index (Phi) is 5.77. The highest BCUT2D eigenvalue weighted by Gasteiger charge is 2.12. The topological polar surface area (TPSA) is 84.9 Å². The molecule has 0 amide bonds. The Hall–Kier alpha value is -3.64. The first-order valence-corrected chi connectivity index (χ1v) is 9.67. The van der Waals surface area contributed by atoms with E-state index in [4.69, 9.17) is 4.74 Å². The maximum Gasteiger partial charge on any atom is 0.204 e. The van der Waals surface area contributed by atoms with E-state index in [-0.39, 0.29) is 18.2 Å². The predicted molar refractivity (Wildman–Crippen MR) is 115 cm³/mol. The predicted octanol–water partition coefficient (Wildman–Crippen LogP) is 4.27. The van der Waals surface area contributed by atoms with Crippen LogP contribution >= 0.6 is 0 Å². The second kappa shape index (κ2) is 8.80. The summed E-state index contributed by atoms with van der Waals surface area (Å²) in [7, 11) is 1.50. The lowest BCUT2D eigenvalue weighted by Gasteiger charge is -2.05. The lowest BCUT2D eigenvalue weighted by Crippen LogP contribution is -2.06. The van der Waals surface area contributed by atoms with Gasteiger partial charge in [-0.3, -0.25) is 19.6 Å². The minimum atomic E-state index is -0.0961. The van der Waals surface area contributed by atoms with Gasteiger partial charge in [-0.25, -0.2) is 0 Å². The number of Topliss-reactive ketones (excluding diaryl/α,β-unsaturated/α-hetero) is 2. The van der Waals surface area contributed by atoms with Crippen LogP contribution in [0.4, 0.5) is 0 Å². The Bertz CT molecular complexity index is 1200. The molecule has 0 spiro atoms. The molecule has 4 rings (SSSR count). The summed E-state index contributed by atoms with van der Waals surface area (Å²) in [6, 6.07) is 15.2. The quantitative estimate of drug-likeness (QED) is 0.447. The maximum atomic E-state index is 12.6. The molecule has 3 heterocycles. The molecule has 1 N–H and O–H groups in total. The highest BCUT2D eigenvalue weighted by Crippen LogP contribution is 2.26. The van der Waals surface area contributed by atoms with E-state index in [2.05, 4.69) is 15.0 Å². The monoisotopic (exact) mass is 399 g/mol. The first-order valence-electron chi connectivity index (χ1n) is 9.67. The van der Waals surface area contributed by atoms with Gasteiger partial charge in [0, 0.05) is 43.0 Å². The number of H-pyrrole nitrogens is 1. The summed E-state index contributed by atoms with van der Waals surface area (Å²) in [6.07, 6.45) is 6.15. The Morgan fingerprint density at radius 2 is 1.73 bits per heavy atom. The molecule has 6 heteroatoms. The van der Waals surface area contributed by atoms with Gasteiger partial charge in [0.05, 0.1) is 5.69 Å². The zero-order valence-electron chi connectivity index (χ0n) is 16.6. The van der Waals surface area contributed by atoms with Crippen molar-refractivity contribution in [1.29, 1.82) is 0 Å². The molecule has 0 fully saturated rings. The number of benzene rings is 1. The molecular weight excluding hydrogens is 378 g/mol. The summed E-state index contributed by atoms with van der Waals surface area (Å²) in [5.74, 6) is -0.0925. The van der Waals surface area contributed by atoms with Crippen LogP contribution in [0.5, 0.6) is 0 Å². The van der Waals surface area contributed by atoms with Gasteiger partial charge in [-0.2, -0.15) is 0 Å². The van der Waals surface area contributed by atoms with Crippen molar-refractivity contribution in [3.05, 3.63) is 84.1 Å². The number of ether oxygens (including phenoxy) is 1. The molecule has 0 aliphatic heterocycles. The summed E-state index contributed by atoms with van der Waals surface area (Å²) in [4.78, 5) is 36.0. The van der Waals surface area contributed by atoms with Crippen LogP contribution in [0.2, 0.25) is 0 Å². The molecule has 3 aromatic heterocycles. The average Bonchev–Trinajstić information content (AvgIpc) is 3.22. The molecule has 0 saturated heterocycles. The molecule has 0 atom stereocenters. The Morgan fingerprint density at radius 1 is 0.933 bits per heavy atom. The third kappa shape index (κ3) is 4.34. The minimum Gasteiger partial charge on any atom is -0.376 e. The van der Waals surface area contributed by atoms with Gasteiger partial charge < -0.3 is 9.72 Å². The summed E-state index contributed by atoms with van der Waals surface area (Å²) in [5, 5.41) is 0.925. The van der Waals surface area contributed by atoms with E-state index in [1.54, 1.807) is 18.6 Å². The number of fused-ring (bicyclic) bond motifs is 1. The average molecular weight is 399 g/mol. The highest BCUT2D eigenvalue weighted by molar-refractivity contribution is 6.01. The molecule has 30 heavy (non-hydrogen) atoms. The zero-order chi connectivity index (χ0) is 20.9. The van der Waals surface area contributed by atoms with E-state index >= 15 is 0 Å². The molecule has 0 unspecified atom stereocenters. The fourth-order valence-electron chi connectivity index (χ4n) is 3.37. The number of aromatic nitrogens is 3. The van der Waals surface area contributed by atoms with Gasteiger partial charge in [-0.15, -0.1) is 0 Å². The molecule has 0 radical (unpaired) electrons. The number of hydrogen-bond acceptors (Lipinski definition) is 5. The second-order valence-corrected chi connectivity index (χ2v) is 7.05. The molecule has 6 nitrogen and oxygen atoms in total. The minimum absolute atomic E-state index is 0.00355. The van der Waals surface area contributed by atoms with Crippen LogP contribution in [-0.4, -0.2) is 40.2 Å². The van der Waals surface area contributed by atoms with Crippen LogP contribution < -0.4 is 0 Å². The molecule has 0 bridgehead atoms. The van der Waals surface area contributed by atoms with Gasteiger partial charge in [0.1, 0.15) is 12.3 Å². The van der Waals surface area contributed by atoms with E-state index in [0.29, 0.717) is 24.2 Å². The molecule has 0 saturated carbocycles. The summed E-state index contributed by atoms with van der Waals surface area (Å²) >= 11 is 0. The number of hydrogen-bond donors (Lipinski definition) is 1. The van der Waals surface area contributed by atoms with E-state index < -0.39 is 0 Å². The number of aromatic amines is 1. The number of pyridine rings is 2. The number of methoxy groups -OCH3 is 1. The van der Waals surface area contributed by atoms with E-state index in [0.717, 1.165) is 27.6 Å². The zero-order valence-corrected chi connectivity index (χ0v) is 16.6. The normalized spacial score (nSPS) is 11.0. The van der Waals surface area contributed by atoms with Crippen LogP contribution in [0.25, 0.3) is 22.0 Å². The van der Waals surface area contributed by atoms with E-state index in [1.807, 2.05) is 48.5 Å². The number of carbonyl (C=O) groups is 2. The fraction of sp³-hybridized carbons (Fsp3) is 0.167. The number of ketones is 2. The Morgan fingerprint density at radius 3 is 2.53 bits per heavy atom. The third-order valence-corrected chi connectivity index (χ3v) is 4.97. The van der Waals surface area contributed by atoms with Gasteiger partial charge in [-0.1, -0.05) is 6.07 Å². The summed E-state index contributed by atoms with van der Waals surface area (Å²) < 4.78 is 4.92. The molecule has 150 valence electrons. The Balaban J connectivity index is 1.54. The summed E-state index contributed by atoms with van der Waals surface area (Å²) in [6.45, 7) is 0.0367. The van der Waals surface area contributed by atoms with Crippen molar-refractivity contribution in [2.45, 2.75) is 12.8 Å². The summed E-state index contributed by atoms with van der Waals surface area (Å²) in [5.41, 5.74) is 4.78. The standard InChI is InChI=1S/C24H21N3O3/c1-30-15-24(29)22-14-19-12-17(3-4-20(19)27-22)18-8-11-26-21(13-18)23(28)5-2-16-6-9-25-10-7-16/h3-4,6-14,27H,2,5,15H2,1H3. The van der Waals surface area contributed by atoms with Gasteiger partial charge in [0.15, 0.2) is 5.78 Å². The number of rotatable bonds is 8. The molecule has 4 aromatic rings. The Labute approximate surface area is 174 Å². The van der Waals surface area contributed by atoms with E-state index in [9.17, 15) is 9.59 Å². The van der Waals surface area contributed by atoms with Gasteiger partial charge in [0.25, 0.3) is 0 Å². The third-order valence-electron chi connectivity index (χ3n) is 4.97. The second-order valence-electron chi connectivity index (χ2n) is 7.05. The van der Waals surface area contributed by atoms with Crippen molar-refractivity contribution in [3.63, 3.8) is 0 Å². The lowest BCUT2D eigenvalue weighted by molar-refractivity contribution is 0.0843. The van der Waals surface area contributed by atoms with Crippen molar-refractivity contribution < 1.29 is 14.3 Å². The first kappa shape index (κ1) is 19.7. The number of nitrogens with one attached hydrogen (secondary N) is 1. The molecule has 0 aliphatic rings. The van der Waals surface area contributed by atoms with Gasteiger partial charge >= 0.3 is 0 Å². The van der Waals surface area contributed by atoms with Crippen LogP contribution in [0.3, 0.4) is 0 Å². The van der Waals surface area contributed by atoms with Gasteiger partial charge in [0.2, 0.25) is 5.78 Å².